The maximum Gasteiger partial charge on any atom is 0.203 e. The molecule has 9 nitrogen and oxygen atoms in total. The topological polar surface area (TPSA) is 164 Å². The molecule has 10 heteroatoms. The monoisotopic (exact) mass is 477 g/mol. The molecule has 0 saturated carbocycles. The normalized spacial score (nSPS) is 29.1. The van der Waals surface area contributed by atoms with Crippen molar-refractivity contribution in [3.8, 4) is 6.07 Å². The first-order valence-electron chi connectivity index (χ1n) is 10.4. The summed E-state index contributed by atoms with van der Waals surface area (Å²) < 4.78 is 11.9. The molecule has 0 amide bonds. The number of aliphatic hydroxyl groups excluding tert-OH is 3. The summed E-state index contributed by atoms with van der Waals surface area (Å²) in [4.78, 5) is 0. The third-order valence-corrected chi connectivity index (χ3v) is 6.82. The zero-order valence-electron chi connectivity index (χ0n) is 17.3. The maximum absolute atomic E-state index is 10.2. The Bertz CT molecular complexity index is 1040. The molecule has 5 unspecified atom stereocenters. The van der Waals surface area contributed by atoms with Gasteiger partial charge >= 0.3 is 0 Å². The zero-order valence-corrected chi connectivity index (χ0v) is 18.1. The molecule has 2 heterocycles. The van der Waals surface area contributed by atoms with Crippen LogP contribution in [0.25, 0.3) is 0 Å². The Morgan fingerprint density at radius 2 is 1.64 bits per heavy atom. The molecule has 4 rings (SSSR count). The van der Waals surface area contributed by atoms with Crippen LogP contribution in [0.1, 0.15) is 22.3 Å². The SMILES string of the molecule is N#Cc1ccc(Cc2cc(C34OCC(O3)C(C(O)O)C(C(O)O)C4C(O)O)ccc2Cl)cc1. The summed E-state index contributed by atoms with van der Waals surface area (Å²) in [6, 6.07) is 13.9. The molecule has 0 aliphatic carbocycles. The quantitative estimate of drug-likeness (QED) is 0.318. The van der Waals surface area contributed by atoms with E-state index in [1.807, 2.05) is 0 Å². The Balaban J connectivity index is 1.75. The van der Waals surface area contributed by atoms with E-state index in [-0.39, 0.29) is 6.61 Å². The minimum Gasteiger partial charge on any atom is -0.368 e. The van der Waals surface area contributed by atoms with E-state index in [4.69, 9.17) is 26.3 Å². The number of halogens is 1. The van der Waals surface area contributed by atoms with E-state index in [1.54, 1.807) is 42.5 Å². The Kier molecular flexibility index (Phi) is 6.75. The van der Waals surface area contributed by atoms with E-state index in [0.717, 1.165) is 5.56 Å². The van der Waals surface area contributed by atoms with Crippen molar-refractivity contribution in [3.05, 3.63) is 69.7 Å². The lowest BCUT2D eigenvalue weighted by atomic mass is 9.70. The third-order valence-electron chi connectivity index (χ3n) is 6.45. The van der Waals surface area contributed by atoms with Crippen molar-refractivity contribution in [1.29, 1.82) is 5.26 Å². The highest BCUT2D eigenvalue weighted by Crippen LogP contribution is 2.55. The molecule has 2 fully saturated rings. The van der Waals surface area contributed by atoms with E-state index in [2.05, 4.69) is 6.07 Å². The first-order chi connectivity index (χ1) is 15.7. The van der Waals surface area contributed by atoms with Crippen molar-refractivity contribution in [2.75, 3.05) is 6.61 Å². The van der Waals surface area contributed by atoms with Crippen LogP contribution in [-0.2, 0) is 21.7 Å². The molecule has 6 N–H and O–H groups in total. The second kappa shape index (κ2) is 9.27. The lowest BCUT2D eigenvalue weighted by Crippen LogP contribution is -2.59. The van der Waals surface area contributed by atoms with Gasteiger partial charge in [-0.3, -0.25) is 0 Å². The van der Waals surface area contributed by atoms with Crippen molar-refractivity contribution in [3.63, 3.8) is 0 Å². The molecule has 2 aromatic carbocycles. The van der Waals surface area contributed by atoms with Gasteiger partial charge in [0.05, 0.1) is 30.3 Å². The van der Waals surface area contributed by atoms with Crippen molar-refractivity contribution in [2.24, 2.45) is 17.8 Å². The maximum atomic E-state index is 10.2. The average Bonchev–Trinajstić information content (AvgIpc) is 3.14. The molecule has 2 aromatic rings. The molecular formula is C23H24ClNO8. The predicted molar refractivity (Wildman–Crippen MR) is 113 cm³/mol. The highest BCUT2D eigenvalue weighted by molar-refractivity contribution is 6.31. The summed E-state index contributed by atoms with van der Waals surface area (Å²) >= 11 is 6.41. The van der Waals surface area contributed by atoms with Gasteiger partial charge in [-0.25, -0.2) is 0 Å². The molecule has 0 aromatic heterocycles. The highest BCUT2D eigenvalue weighted by atomic mass is 35.5. The van der Waals surface area contributed by atoms with Crippen molar-refractivity contribution in [2.45, 2.75) is 37.2 Å². The average molecular weight is 478 g/mol. The summed E-state index contributed by atoms with van der Waals surface area (Å²) in [6.07, 6.45) is -6.76. The summed E-state index contributed by atoms with van der Waals surface area (Å²) in [6.45, 7) is -0.123. The number of nitrogens with zero attached hydrogens (tertiary/aromatic N) is 1. The van der Waals surface area contributed by atoms with Crippen molar-refractivity contribution in [1.82, 2.24) is 0 Å². The predicted octanol–water partition coefficient (Wildman–Crippen LogP) is 0.165. The third kappa shape index (κ3) is 4.26. The fourth-order valence-corrected chi connectivity index (χ4v) is 5.15. The van der Waals surface area contributed by atoms with Gasteiger partial charge in [-0.2, -0.15) is 5.26 Å². The molecule has 2 aliphatic rings. The molecule has 2 saturated heterocycles. The smallest absolute Gasteiger partial charge is 0.203 e. The van der Waals surface area contributed by atoms with Crippen LogP contribution < -0.4 is 0 Å². The number of fused-ring (bicyclic) bond motifs is 2. The second-order valence-corrected chi connectivity index (χ2v) is 8.76. The van der Waals surface area contributed by atoms with Gasteiger partial charge in [0, 0.05) is 22.4 Å². The van der Waals surface area contributed by atoms with Crippen molar-refractivity contribution < 1.29 is 40.1 Å². The summed E-state index contributed by atoms with van der Waals surface area (Å²) in [5.41, 5.74) is 2.44. The first kappa shape index (κ1) is 24.0. The number of ether oxygens (including phenoxy) is 2. The first-order valence-corrected chi connectivity index (χ1v) is 10.7. The number of nitriles is 1. The molecule has 2 bridgehead atoms. The van der Waals surface area contributed by atoms with Gasteiger partial charge in [-0.15, -0.1) is 0 Å². The van der Waals surface area contributed by atoms with Crippen LogP contribution in [0.4, 0.5) is 0 Å². The van der Waals surface area contributed by atoms with Gasteiger partial charge < -0.3 is 40.1 Å². The van der Waals surface area contributed by atoms with E-state index >= 15 is 0 Å². The van der Waals surface area contributed by atoms with Crippen LogP contribution in [0, 0.1) is 29.1 Å². The van der Waals surface area contributed by atoms with E-state index < -0.39 is 48.5 Å². The second-order valence-electron chi connectivity index (χ2n) is 8.35. The van der Waals surface area contributed by atoms with Crippen LogP contribution in [-0.4, -0.2) is 62.2 Å². The Morgan fingerprint density at radius 3 is 2.21 bits per heavy atom. The molecule has 176 valence electrons. The van der Waals surface area contributed by atoms with E-state index in [1.165, 1.54) is 0 Å². The molecule has 33 heavy (non-hydrogen) atoms. The van der Waals surface area contributed by atoms with Gasteiger partial charge in [-0.05, 0) is 41.8 Å². The summed E-state index contributed by atoms with van der Waals surface area (Å²) in [7, 11) is 0. The number of benzene rings is 2. The Labute approximate surface area is 194 Å². The van der Waals surface area contributed by atoms with Gasteiger partial charge in [0.25, 0.3) is 0 Å². The lowest BCUT2D eigenvalue weighted by molar-refractivity contribution is -0.344. The largest absolute Gasteiger partial charge is 0.368 e. The van der Waals surface area contributed by atoms with Crippen molar-refractivity contribution >= 4 is 11.6 Å². The number of hydrogen-bond acceptors (Lipinski definition) is 9. The minimum absolute atomic E-state index is 0.123. The standard InChI is InChI=1S/C23H24ClNO8/c24-15-6-5-14(8-13(15)7-11-1-3-12(9-25)4-2-11)23-19(22(30)31)18(21(28)29)17(20(26)27)16(33-23)10-32-23/h1-6,8,16-22,26-31H,7,10H2. The molecule has 5 atom stereocenters. The summed E-state index contributed by atoms with van der Waals surface area (Å²) in [5, 5.41) is 69.6. The number of hydrogen-bond donors (Lipinski definition) is 6. The van der Waals surface area contributed by atoms with Crippen LogP contribution >= 0.6 is 11.6 Å². The zero-order chi connectivity index (χ0) is 23.9. The van der Waals surface area contributed by atoms with Gasteiger partial charge in [0.1, 0.15) is 0 Å². The molecule has 0 radical (unpaired) electrons. The fourth-order valence-electron chi connectivity index (χ4n) is 4.96. The van der Waals surface area contributed by atoms with E-state index in [0.29, 0.717) is 28.1 Å². The Hall–Kier alpha value is -2.10. The summed E-state index contributed by atoms with van der Waals surface area (Å²) in [5.74, 6) is -5.82. The van der Waals surface area contributed by atoms with E-state index in [9.17, 15) is 30.6 Å². The van der Waals surface area contributed by atoms with Gasteiger partial charge in [-0.1, -0.05) is 29.8 Å². The van der Waals surface area contributed by atoms with Crippen LogP contribution in [0.5, 0.6) is 0 Å². The van der Waals surface area contributed by atoms with Gasteiger partial charge in [0.2, 0.25) is 5.79 Å². The lowest BCUT2D eigenvalue weighted by Gasteiger charge is -2.49. The molecule has 2 aliphatic heterocycles. The van der Waals surface area contributed by atoms with Crippen LogP contribution in [0.3, 0.4) is 0 Å². The number of aliphatic hydroxyl groups is 6. The minimum atomic E-state index is -2.13. The van der Waals surface area contributed by atoms with Crippen LogP contribution in [0.2, 0.25) is 5.02 Å². The van der Waals surface area contributed by atoms with Gasteiger partial charge in [0.15, 0.2) is 18.9 Å². The Morgan fingerprint density at radius 1 is 0.970 bits per heavy atom. The number of rotatable bonds is 6. The highest BCUT2D eigenvalue weighted by Gasteiger charge is 2.65. The van der Waals surface area contributed by atoms with Crippen LogP contribution in [0.15, 0.2) is 42.5 Å². The fraction of sp³-hybridized carbons (Fsp3) is 0.435. The molecular weight excluding hydrogens is 454 g/mol. The molecule has 0 spiro atoms.